The minimum atomic E-state index is -0.340. The number of anilines is 1. The maximum absolute atomic E-state index is 13.6. The van der Waals surface area contributed by atoms with E-state index in [1.807, 2.05) is 12.3 Å². The number of hydrogen-bond donors (Lipinski definition) is 1. The number of benzene rings is 1. The number of methoxy groups -OCH3 is 1. The van der Waals surface area contributed by atoms with Gasteiger partial charge >= 0.3 is 0 Å². The molecule has 1 aliphatic heterocycles. The number of halogens is 1. The van der Waals surface area contributed by atoms with Gasteiger partial charge in [-0.25, -0.2) is 9.37 Å². The largest absolute Gasteiger partial charge is 0.494 e. The second-order valence-corrected chi connectivity index (χ2v) is 6.77. The van der Waals surface area contributed by atoms with Crippen LogP contribution in [0.1, 0.15) is 24.1 Å². The van der Waals surface area contributed by atoms with E-state index in [1.54, 1.807) is 12.1 Å². The van der Waals surface area contributed by atoms with Crippen LogP contribution in [-0.2, 0) is 6.54 Å². The summed E-state index contributed by atoms with van der Waals surface area (Å²) in [6, 6.07) is 9.16. The van der Waals surface area contributed by atoms with E-state index in [2.05, 4.69) is 40.1 Å². The van der Waals surface area contributed by atoms with Crippen molar-refractivity contribution in [1.82, 2.24) is 15.2 Å². The fraction of sp³-hybridized carbons (Fsp3) is 0.450. The lowest BCUT2D eigenvalue weighted by molar-refractivity contribution is 0.311. The highest BCUT2D eigenvalue weighted by molar-refractivity contribution is 5.47. The van der Waals surface area contributed by atoms with Gasteiger partial charge in [0.15, 0.2) is 11.6 Å². The number of nitrogens with zero attached hydrogens (tertiary/aromatic N) is 3. The molecular weight excluding hydrogens is 331 g/mol. The number of piperazine rings is 1. The summed E-state index contributed by atoms with van der Waals surface area (Å²) in [6.07, 6.45) is 1.85. The third kappa shape index (κ3) is 4.31. The van der Waals surface area contributed by atoms with Gasteiger partial charge in [-0.05, 0) is 37.7 Å². The Morgan fingerprint density at radius 1 is 1.23 bits per heavy atom. The lowest BCUT2D eigenvalue weighted by Gasteiger charge is -2.34. The van der Waals surface area contributed by atoms with Crippen LogP contribution in [0.5, 0.6) is 5.75 Å². The molecule has 0 aliphatic carbocycles. The highest BCUT2D eigenvalue weighted by atomic mass is 19.1. The summed E-state index contributed by atoms with van der Waals surface area (Å²) in [6.45, 7) is 6.86. The maximum Gasteiger partial charge on any atom is 0.165 e. The zero-order valence-corrected chi connectivity index (χ0v) is 15.7. The van der Waals surface area contributed by atoms with Crippen molar-refractivity contribution in [3.63, 3.8) is 0 Å². The van der Waals surface area contributed by atoms with Crippen molar-refractivity contribution in [3.8, 4) is 5.75 Å². The van der Waals surface area contributed by atoms with Gasteiger partial charge in [0.05, 0.1) is 7.11 Å². The molecule has 1 aliphatic rings. The molecule has 1 aromatic heterocycles. The second kappa shape index (κ2) is 8.47. The molecule has 1 aromatic carbocycles. The van der Waals surface area contributed by atoms with Gasteiger partial charge in [-0.2, -0.15) is 0 Å². The van der Waals surface area contributed by atoms with Gasteiger partial charge in [-0.3, -0.25) is 0 Å². The van der Waals surface area contributed by atoms with Crippen molar-refractivity contribution >= 4 is 5.82 Å². The highest BCUT2D eigenvalue weighted by Crippen LogP contribution is 2.24. The normalized spacial score (nSPS) is 16.5. The predicted molar refractivity (Wildman–Crippen MR) is 102 cm³/mol. The minimum absolute atomic E-state index is 0.0741. The molecule has 2 heterocycles. The molecule has 26 heavy (non-hydrogen) atoms. The van der Waals surface area contributed by atoms with Gasteiger partial charge in [0, 0.05) is 50.5 Å². The van der Waals surface area contributed by atoms with Crippen LogP contribution in [0.2, 0.25) is 0 Å². The molecule has 1 atom stereocenters. The topological polar surface area (TPSA) is 40.6 Å². The van der Waals surface area contributed by atoms with Gasteiger partial charge in [0.25, 0.3) is 0 Å². The number of ether oxygens (including phenoxy) is 1. The maximum atomic E-state index is 13.6. The Labute approximate surface area is 154 Å². The number of nitrogens with one attached hydrogen (secondary N) is 1. The summed E-state index contributed by atoms with van der Waals surface area (Å²) in [5.41, 5.74) is 2.17. The number of hydrogen-bond acceptors (Lipinski definition) is 5. The van der Waals surface area contributed by atoms with E-state index in [1.165, 1.54) is 18.7 Å². The summed E-state index contributed by atoms with van der Waals surface area (Å²) in [5, 5.41) is 3.52. The third-order valence-electron chi connectivity index (χ3n) is 4.94. The Morgan fingerprint density at radius 2 is 2.00 bits per heavy atom. The van der Waals surface area contributed by atoms with E-state index in [0.717, 1.165) is 37.6 Å². The molecule has 0 saturated carbocycles. The van der Waals surface area contributed by atoms with Gasteiger partial charge in [-0.1, -0.05) is 12.1 Å². The van der Waals surface area contributed by atoms with E-state index in [-0.39, 0.29) is 17.6 Å². The molecule has 140 valence electrons. The molecule has 1 fully saturated rings. The Morgan fingerprint density at radius 3 is 2.73 bits per heavy atom. The Bertz CT molecular complexity index is 732. The van der Waals surface area contributed by atoms with Gasteiger partial charge in [0.1, 0.15) is 5.82 Å². The van der Waals surface area contributed by atoms with Crippen LogP contribution in [0, 0.1) is 5.82 Å². The molecule has 0 radical (unpaired) electrons. The Hall–Kier alpha value is -2.18. The predicted octanol–water partition coefficient (Wildman–Crippen LogP) is 2.83. The van der Waals surface area contributed by atoms with E-state index in [4.69, 9.17) is 4.74 Å². The van der Waals surface area contributed by atoms with Gasteiger partial charge < -0.3 is 19.9 Å². The van der Waals surface area contributed by atoms with Crippen LogP contribution in [0.3, 0.4) is 0 Å². The van der Waals surface area contributed by atoms with Crippen LogP contribution >= 0.6 is 0 Å². The molecule has 3 rings (SSSR count). The van der Waals surface area contributed by atoms with Crippen molar-refractivity contribution in [1.29, 1.82) is 0 Å². The molecule has 0 bridgehead atoms. The van der Waals surface area contributed by atoms with Crippen molar-refractivity contribution in [2.75, 3.05) is 45.2 Å². The van der Waals surface area contributed by atoms with Gasteiger partial charge in [-0.15, -0.1) is 0 Å². The van der Waals surface area contributed by atoms with E-state index < -0.39 is 0 Å². The number of aromatic nitrogens is 1. The quantitative estimate of drug-likeness (QED) is 0.860. The van der Waals surface area contributed by atoms with Gasteiger partial charge in [0.2, 0.25) is 0 Å². The molecule has 1 saturated heterocycles. The summed E-state index contributed by atoms with van der Waals surface area (Å²) < 4.78 is 18.7. The van der Waals surface area contributed by atoms with Crippen LogP contribution in [0.4, 0.5) is 10.2 Å². The second-order valence-electron chi connectivity index (χ2n) is 6.77. The van der Waals surface area contributed by atoms with Crippen LogP contribution in [0.25, 0.3) is 0 Å². The van der Waals surface area contributed by atoms with Crippen LogP contribution in [-0.4, -0.2) is 50.2 Å². The molecule has 5 nitrogen and oxygen atoms in total. The Balaban J connectivity index is 1.68. The molecule has 1 N–H and O–H groups in total. The summed E-state index contributed by atoms with van der Waals surface area (Å²) in [5.74, 6) is 0.987. The zero-order valence-electron chi connectivity index (χ0n) is 15.7. The lowest BCUT2D eigenvalue weighted by Crippen LogP contribution is -2.45. The summed E-state index contributed by atoms with van der Waals surface area (Å²) in [7, 11) is 3.63. The highest BCUT2D eigenvalue weighted by Gasteiger charge is 2.18. The molecule has 6 heteroatoms. The number of likely N-dealkylation sites (N-methyl/N-ethyl adjacent to an activating group) is 1. The smallest absolute Gasteiger partial charge is 0.165 e. The fourth-order valence-corrected chi connectivity index (χ4v) is 3.20. The molecule has 1 unspecified atom stereocenters. The average molecular weight is 358 g/mol. The summed E-state index contributed by atoms with van der Waals surface area (Å²) >= 11 is 0. The SMILES string of the molecule is COc1cc(C(C)NCc2cccnc2N2CCN(C)CC2)ccc1F. The monoisotopic (exact) mass is 358 g/mol. The fourth-order valence-electron chi connectivity index (χ4n) is 3.20. The summed E-state index contributed by atoms with van der Waals surface area (Å²) in [4.78, 5) is 9.30. The first kappa shape index (κ1) is 18.6. The molecular formula is C20H27FN4O. The molecule has 0 amide bonds. The van der Waals surface area contributed by atoms with Crippen molar-refractivity contribution in [2.24, 2.45) is 0 Å². The van der Waals surface area contributed by atoms with E-state index in [9.17, 15) is 4.39 Å². The zero-order chi connectivity index (χ0) is 18.5. The van der Waals surface area contributed by atoms with Crippen LogP contribution in [0.15, 0.2) is 36.5 Å². The van der Waals surface area contributed by atoms with Crippen molar-refractivity contribution in [2.45, 2.75) is 19.5 Å². The van der Waals surface area contributed by atoms with E-state index >= 15 is 0 Å². The lowest BCUT2D eigenvalue weighted by atomic mass is 10.1. The first-order valence-electron chi connectivity index (χ1n) is 9.02. The third-order valence-corrected chi connectivity index (χ3v) is 4.94. The first-order valence-corrected chi connectivity index (χ1v) is 9.02. The molecule has 2 aromatic rings. The minimum Gasteiger partial charge on any atom is -0.494 e. The Kier molecular flexibility index (Phi) is 6.06. The number of pyridine rings is 1. The van der Waals surface area contributed by atoms with Crippen molar-refractivity contribution < 1.29 is 9.13 Å². The van der Waals surface area contributed by atoms with Crippen LogP contribution < -0.4 is 15.0 Å². The standard InChI is InChI=1S/C20H27FN4O/c1-15(16-6-7-18(21)19(13-16)26-3)23-14-17-5-4-8-22-20(17)25-11-9-24(2)10-12-25/h4-8,13,15,23H,9-12,14H2,1-3H3. The van der Waals surface area contributed by atoms with Crippen molar-refractivity contribution in [3.05, 3.63) is 53.5 Å². The average Bonchev–Trinajstić information content (AvgIpc) is 2.67. The first-order chi connectivity index (χ1) is 12.6. The number of rotatable bonds is 6. The molecule has 0 spiro atoms. The van der Waals surface area contributed by atoms with E-state index in [0.29, 0.717) is 6.54 Å².